The van der Waals surface area contributed by atoms with Crippen molar-refractivity contribution in [2.24, 2.45) is 0 Å². The molecule has 0 amide bonds. The van der Waals surface area contributed by atoms with Gasteiger partial charge in [0, 0.05) is 26.2 Å². The molecule has 0 bridgehead atoms. The third-order valence-corrected chi connectivity index (χ3v) is 5.00. The Balaban J connectivity index is 2.23. The Hall–Kier alpha value is -1.74. The van der Waals surface area contributed by atoms with Crippen LogP contribution in [0.4, 0.5) is 0 Å². The van der Waals surface area contributed by atoms with Gasteiger partial charge in [0.25, 0.3) is 0 Å². The predicted molar refractivity (Wildman–Crippen MR) is 75.0 cm³/mol. The minimum absolute atomic E-state index is 0.0581. The molecule has 9 heteroatoms. The average molecular weight is 313 g/mol. The molecule has 2 heterocycles. The molecular formula is C12H19N5O3S. The number of hydrogen-bond donors (Lipinski definition) is 0. The molecule has 0 aliphatic rings. The molecule has 2 aromatic heterocycles. The zero-order valence-corrected chi connectivity index (χ0v) is 13.4. The van der Waals surface area contributed by atoms with E-state index in [1.807, 2.05) is 13.8 Å². The average Bonchev–Trinajstić information content (AvgIpc) is 3.05. The Labute approximate surface area is 123 Å². The van der Waals surface area contributed by atoms with Gasteiger partial charge >= 0.3 is 0 Å². The molecule has 8 nitrogen and oxygen atoms in total. The summed E-state index contributed by atoms with van der Waals surface area (Å²) in [5.74, 6) is 0.837. The van der Waals surface area contributed by atoms with Gasteiger partial charge in [-0.1, -0.05) is 12.1 Å². The van der Waals surface area contributed by atoms with Crippen molar-refractivity contribution < 1.29 is 12.9 Å². The van der Waals surface area contributed by atoms with Crippen LogP contribution in [-0.4, -0.2) is 39.7 Å². The molecule has 2 rings (SSSR count). The molecule has 0 saturated heterocycles. The van der Waals surface area contributed by atoms with E-state index in [4.69, 9.17) is 4.52 Å². The first-order valence-corrected chi connectivity index (χ1v) is 8.14. The van der Waals surface area contributed by atoms with Crippen molar-refractivity contribution in [3.8, 4) is 0 Å². The van der Waals surface area contributed by atoms with Gasteiger partial charge in [0.1, 0.15) is 4.90 Å². The molecule has 0 N–H and O–H groups in total. The zero-order valence-electron chi connectivity index (χ0n) is 12.6. The van der Waals surface area contributed by atoms with Gasteiger partial charge in [-0.15, -0.1) is 0 Å². The number of rotatable bonds is 6. The Morgan fingerprint density at radius 3 is 2.62 bits per heavy atom. The van der Waals surface area contributed by atoms with E-state index in [1.165, 1.54) is 17.5 Å². The van der Waals surface area contributed by atoms with Crippen molar-refractivity contribution in [3.05, 3.63) is 23.6 Å². The van der Waals surface area contributed by atoms with Crippen LogP contribution in [0.3, 0.4) is 0 Å². The summed E-state index contributed by atoms with van der Waals surface area (Å²) in [5.41, 5.74) is 0.478. The van der Waals surface area contributed by atoms with Crippen LogP contribution in [0.25, 0.3) is 0 Å². The van der Waals surface area contributed by atoms with E-state index in [2.05, 4.69) is 15.2 Å². The van der Waals surface area contributed by atoms with Crippen LogP contribution >= 0.6 is 0 Å². The lowest BCUT2D eigenvalue weighted by atomic mass is 10.5. The van der Waals surface area contributed by atoms with E-state index in [-0.39, 0.29) is 11.4 Å². The molecule has 116 valence electrons. The lowest BCUT2D eigenvalue weighted by molar-refractivity contribution is 0.368. The van der Waals surface area contributed by atoms with Gasteiger partial charge < -0.3 is 4.52 Å². The fourth-order valence-corrected chi connectivity index (χ4v) is 3.16. The van der Waals surface area contributed by atoms with Crippen LogP contribution in [-0.2, 0) is 29.5 Å². The topological polar surface area (TPSA) is 94.1 Å². The fraction of sp³-hybridized carbons (Fsp3) is 0.583. The minimum Gasteiger partial charge on any atom is -0.339 e. The summed E-state index contributed by atoms with van der Waals surface area (Å²) < 4.78 is 32.9. The quantitative estimate of drug-likeness (QED) is 0.789. The zero-order chi connectivity index (χ0) is 15.6. The normalized spacial score (nSPS) is 12.2. The molecule has 0 radical (unpaired) electrons. The number of nitrogens with zero attached hydrogens (tertiary/aromatic N) is 5. The van der Waals surface area contributed by atoms with Crippen LogP contribution < -0.4 is 0 Å². The van der Waals surface area contributed by atoms with E-state index in [0.717, 1.165) is 0 Å². The number of hydrogen-bond acceptors (Lipinski definition) is 6. The summed E-state index contributed by atoms with van der Waals surface area (Å²) in [6.45, 7) is 6.14. The second-order valence-electron chi connectivity index (χ2n) is 4.65. The Morgan fingerprint density at radius 2 is 2.10 bits per heavy atom. The smallest absolute Gasteiger partial charge is 0.246 e. The monoisotopic (exact) mass is 313 g/mol. The van der Waals surface area contributed by atoms with Crippen LogP contribution in [0.5, 0.6) is 0 Å². The highest BCUT2D eigenvalue weighted by Gasteiger charge is 2.26. The number of sulfonamides is 1. The van der Waals surface area contributed by atoms with Crippen molar-refractivity contribution >= 4 is 10.0 Å². The van der Waals surface area contributed by atoms with Crippen molar-refractivity contribution in [1.82, 2.24) is 24.2 Å². The van der Waals surface area contributed by atoms with Gasteiger partial charge in [0.05, 0.1) is 12.2 Å². The van der Waals surface area contributed by atoms with E-state index < -0.39 is 10.0 Å². The summed E-state index contributed by atoms with van der Waals surface area (Å²) in [5, 5.41) is 7.93. The largest absolute Gasteiger partial charge is 0.339 e. The summed E-state index contributed by atoms with van der Waals surface area (Å²) in [6, 6.07) is 0. The standard InChI is InChI=1S/C12H19N5O3S/c1-5-12-13-11(15-20-12)8-16(4)21(18,19)10-7-17(6-2)14-9(10)3/h7H,5-6,8H2,1-4H3. The van der Waals surface area contributed by atoms with Crippen LogP contribution in [0.1, 0.15) is 31.3 Å². The van der Waals surface area contributed by atoms with Crippen molar-refractivity contribution in [3.63, 3.8) is 0 Å². The molecule has 2 aromatic rings. The number of aryl methyl sites for hydroxylation is 3. The predicted octanol–water partition coefficient (Wildman–Crippen LogP) is 0.978. The van der Waals surface area contributed by atoms with E-state index in [1.54, 1.807) is 11.6 Å². The van der Waals surface area contributed by atoms with Gasteiger partial charge in [-0.2, -0.15) is 14.4 Å². The van der Waals surface area contributed by atoms with E-state index in [0.29, 0.717) is 30.4 Å². The lowest BCUT2D eigenvalue weighted by Crippen LogP contribution is -2.27. The summed E-state index contributed by atoms with van der Waals surface area (Å²) >= 11 is 0. The Morgan fingerprint density at radius 1 is 1.38 bits per heavy atom. The van der Waals surface area contributed by atoms with Gasteiger partial charge in [-0.3, -0.25) is 4.68 Å². The molecule has 0 spiro atoms. The summed E-state index contributed by atoms with van der Waals surface area (Å²) in [4.78, 5) is 4.32. The second-order valence-corrected chi connectivity index (χ2v) is 6.67. The first-order chi connectivity index (χ1) is 9.88. The third kappa shape index (κ3) is 3.13. The minimum atomic E-state index is -3.63. The molecule has 0 aromatic carbocycles. The SMILES string of the molecule is CCc1nc(CN(C)S(=O)(=O)c2cn(CC)nc2C)no1. The Bertz CT molecular complexity index is 719. The fourth-order valence-electron chi connectivity index (χ4n) is 1.86. The molecular weight excluding hydrogens is 294 g/mol. The van der Waals surface area contributed by atoms with Crippen LogP contribution in [0, 0.1) is 6.92 Å². The highest BCUT2D eigenvalue weighted by Crippen LogP contribution is 2.19. The van der Waals surface area contributed by atoms with Gasteiger partial charge in [0.2, 0.25) is 15.9 Å². The summed E-state index contributed by atoms with van der Waals surface area (Å²) in [7, 11) is -2.14. The molecule has 0 aliphatic carbocycles. The van der Waals surface area contributed by atoms with Crippen LogP contribution in [0.2, 0.25) is 0 Å². The van der Waals surface area contributed by atoms with E-state index in [9.17, 15) is 8.42 Å². The first-order valence-electron chi connectivity index (χ1n) is 6.70. The van der Waals surface area contributed by atoms with Gasteiger partial charge in [-0.05, 0) is 13.8 Å². The van der Waals surface area contributed by atoms with Crippen molar-refractivity contribution in [1.29, 1.82) is 0 Å². The van der Waals surface area contributed by atoms with Gasteiger partial charge in [-0.25, -0.2) is 8.42 Å². The maximum atomic E-state index is 12.5. The molecule has 0 saturated carbocycles. The molecule has 0 unspecified atom stereocenters. The van der Waals surface area contributed by atoms with E-state index >= 15 is 0 Å². The van der Waals surface area contributed by atoms with Gasteiger partial charge in [0.15, 0.2) is 5.82 Å². The third-order valence-electron chi connectivity index (χ3n) is 3.09. The summed E-state index contributed by atoms with van der Waals surface area (Å²) in [6.07, 6.45) is 2.15. The highest BCUT2D eigenvalue weighted by atomic mass is 32.2. The first kappa shape index (κ1) is 15.6. The Kier molecular flexibility index (Phi) is 4.43. The molecule has 0 aliphatic heterocycles. The lowest BCUT2D eigenvalue weighted by Gasteiger charge is -2.14. The van der Waals surface area contributed by atoms with Crippen molar-refractivity contribution in [2.75, 3.05) is 7.05 Å². The highest BCUT2D eigenvalue weighted by molar-refractivity contribution is 7.89. The maximum Gasteiger partial charge on any atom is 0.246 e. The second kappa shape index (κ2) is 5.94. The van der Waals surface area contributed by atoms with Crippen molar-refractivity contribution in [2.45, 2.75) is 45.2 Å². The number of aromatic nitrogens is 4. The van der Waals surface area contributed by atoms with Crippen LogP contribution in [0.15, 0.2) is 15.6 Å². The maximum absolute atomic E-state index is 12.5. The molecule has 0 atom stereocenters. The molecule has 21 heavy (non-hydrogen) atoms. The molecule has 0 fully saturated rings.